The summed E-state index contributed by atoms with van der Waals surface area (Å²) in [6.07, 6.45) is 3.84. The van der Waals surface area contributed by atoms with Gasteiger partial charge in [0.2, 0.25) is 12.4 Å². The molecule has 2 atom stereocenters. The van der Waals surface area contributed by atoms with Crippen LogP contribution in [0.3, 0.4) is 0 Å². The first-order valence-corrected chi connectivity index (χ1v) is 19.0. The minimum atomic E-state index is -1.37. The number of carbonyl (C=O) groups excluding carboxylic acids is 2. The molecule has 0 saturated carbocycles. The Morgan fingerprint density at radius 1 is 0.929 bits per heavy atom. The first-order valence-electron chi connectivity index (χ1n) is 18.2. The number of carbonyl (C=O) groups is 2. The standard InChI is InChI=1S/C43H40Cl2FN3O7/c1-54-39-14-12-30(20-40(39)55-2)32(21-34-35(44)23-48(53)24-36(34)45)33-19-29(11-13-31(33)42(50)51)27-9-7-26(8-10-27)22-49(38-6-4-3-5-37(38)46)43(52)56-41-25-47-17-15-28(41)16-18-47/h3-14,19-20,23-24,28,32,41H,15-18,21-22,25H2,1-2H3,(H-,50,51,53)/t32-,41-/m0/s1. The van der Waals surface area contributed by atoms with Gasteiger partial charge < -0.3 is 24.1 Å². The molecule has 1 N–H and O–H groups in total. The average Bonchev–Trinajstić information content (AvgIpc) is 3.20. The van der Waals surface area contributed by atoms with E-state index in [0.29, 0.717) is 46.2 Å². The van der Waals surface area contributed by atoms with E-state index >= 15 is 4.39 Å². The summed E-state index contributed by atoms with van der Waals surface area (Å²) in [5, 5.41) is 23.1. The number of ether oxygens (including phenoxy) is 3. The van der Waals surface area contributed by atoms with Gasteiger partial charge in [0.05, 0.1) is 32.4 Å². The van der Waals surface area contributed by atoms with Crippen molar-refractivity contribution in [1.82, 2.24) is 4.90 Å². The zero-order valence-corrected chi connectivity index (χ0v) is 32.3. The molecular formula is C43H40Cl2FN3O7. The molecule has 1 aromatic heterocycles. The van der Waals surface area contributed by atoms with Crippen molar-refractivity contribution in [2.45, 2.75) is 37.8 Å². The average molecular weight is 801 g/mol. The Kier molecular flexibility index (Phi) is 11.7. The van der Waals surface area contributed by atoms with Gasteiger partial charge in [-0.2, -0.15) is 0 Å². The fourth-order valence-electron chi connectivity index (χ4n) is 7.77. The number of hydrogen-bond acceptors (Lipinski definition) is 8. The van der Waals surface area contributed by atoms with Crippen molar-refractivity contribution in [1.29, 1.82) is 0 Å². The number of para-hydroxylation sites is 1. The van der Waals surface area contributed by atoms with Gasteiger partial charge in [-0.3, -0.25) is 15.0 Å². The number of aromatic nitrogens is 1. The monoisotopic (exact) mass is 799 g/mol. The van der Waals surface area contributed by atoms with Crippen LogP contribution in [0.4, 0.5) is 14.9 Å². The first-order chi connectivity index (χ1) is 27.0. The van der Waals surface area contributed by atoms with Crippen LogP contribution in [0.15, 0.2) is 97.3 Å². The number of fused-ring (bicyclic) bond motifs is 3. The van der Waals surface area contributed by atoms with Gasteiger partial charge in [0.1, 0.15) is 22.0 Å². The maximum Gasteiger partial charge on any atom is 0.415 e. The van der Waals surface area contributed by atoms with Gasteiger partial charge in [-0.1, -0.05) is 77.8 Å². The molecule has 290 valence electrons. The highest BCUT2D eigenvalue weighted by atomic mass is 35.5. The molecule has 0 radical (unpaired) electrons. The van der Waals surface area contributed by atoms with Crippen LogP contribution in [-0.2, 0) is 17.7 Å². The summed E-state index contributed by atoms with van der Waals surface area (Å²) >= 11 is 13.2. The Hall–Kier alpha value is -5.36. The van der Waals surface area contributed by atoms with E-state index in [4.69, 9.17) is 37.4 Å². The number of anilines is 1. The number of hydrogen-bond donors (Lipinski definition) is 1. The number of piperidine rings is 3. The van der Waals surface area contributed by atoms with Crippen molar-refractivity contribution in [3.05, 3.63) is 141 Å². The van der Waals surface area contributed by atoms with Gasteiger partial charge in [0.25, 0.3) is 0 Å². The Morgan fingerprint density at radius 3 is 2.23 bits per heavy atom. The molecule has 0 unspecified atom stereocenters. The van der Waals surface area contributed by atoms with Crippen LogP contribution in [0.25, 0.3) is 11.1 Å². The maximum atomic E-state index is 15.2. The van der Waals surface area contributed by atoms with Crippen molar-refractivity contribution in [2.24, 2.45) is 5.92 Å². The second kappa shape index (κ2) is 16.8. The van der Waals surface area contributed by atoms with Crippen LogP contribution in [0.5, 0.6) is 11.5 Å². The lowest BCUT2D eigenvalue weighted by Crippen LogP contribution is -2.53. The first kappa shape index (κ1) is 38.9. The quantitative estimate of drug-likeness (QED) is 0.103. The maximum absolute atomic E-state index is 15.2. The minimum Gasteiger partial charge on any atom is -0.545 e. The fraction of sp³-hybridized carbons (Fsp3) is 0.279. The van der Waals surface area contributed by atoms with Crippen LogP contribution >= 0.6 is 23.2 Å². The highest BCUT2D eigenvalue weighted by Gasteiger charge is 2.38. The SMILES string of the molecule is COc1ccc([C@H](Cc2c(Cl)c[n+](O)cc2Cl)c2cc(-c3ccc(CN(C(=O)O[C@H]4CN5CCC4CC5)c4ccccc4F)cc3)ccc2C(=O)[O-])cc1OC. The topological polar surface area (TPSA) is 115 Å². The molecule has 56 heavy (non-hydrogen) atoms. The summed E-state index contributed by atoms with van der Waals surface area (Å²) in [5.41, 5.74) is 3.88. The van der Waals surface area contributed by atoms with Crippen LogP contribution in [0.1, 0.15) is 51.4 Å². The summed E-state index contributed by atoms with van der Waals surface area (Å²) in [6.45, 7) is 2.73. The number of benzene rings is 4. The van der Waals surface area contributed by atoms with Crippen molar-refractivity contribution in [3.63, 3.8) is 0 Å². The van der Waals surface area contributed by atoms with Gasteiger partial charge in [-0.05, 0) is 96.4 Å². The van der Waals surface area contributed by atoms with E-state index in [0.717, 1.165) is 41.8 Å². The van der Waals surface area contributed by atoms with E-state index < -0.39 is 23.8 Å². The molecule has 3 saturated heterocycles. The number of aromatic carboxylic acids is 1. The largest absolute Gasteiger partial charge is 0.545 e. The minimum absolute atomic E-state index is 0.0346. The molecular weight excluding hydrogens is 760 g/mol. The number of carboxylic acids is 1. The molecule has 4 aromatic carbocycles. The number of methoxy groups -OCH3 is 2. The van der Waals surface area contributed by atoms with Crippen LogP contribution < -0.4 is 24.2 Å². The van der Waals surface area contributed by atoms with E-state index in [1.165, 1.54) is 43.6 Å². The Bertz CT molecular complexity index is 2220. The van der Waals surface area contributed by atoms with E-state index in [1.807, 2.05) is 30.3 Å². The predicted molar refractivity (Wildman–Crippen MR) is 207 cm³/mol. The molecule has 10 nitrogen and oxygen atoms in total. The van der Waals surface area contributed by atoms with E-state index in [-0.39, 0.29) is 40.4 Å². The lowest BCUT2D eigenvalue weighted by molar-refractivity contribution is -0.904. The summed E-state index contributed by atoms with van der Waals surface area (Å²) in [6, 6.07) is 23.9. The fourth-order valence-corrected chi connectivity index (χ4v) is 8.38. The molecule has 3 fully saturated rings. The molecule has 0 aliphatic carbocycles. The second-order valence-electron chi connectivity index (χ2n) is 14.1. The van der Waals surface area contributed by atoms with Gasteiger partial charge in [-0.15, -0.1) is 0 Å². The van der Waals surface area contributed by atoms with Gasteiger partial charge in [-0.25, -0.2) is 9.18 Å². The summed E-state index contributed by atoms with van der Waals surface area (Å²) in [5.74, 6) is -1.33. The molecule has 2 bridgehead atoms. The molecule has 1 amide bonds. The Labute approximate surface area is 334 Å². The van der Waals surface area contributed by atoms with Crippen LogP contribution in [0, 0.1) is 11.7 Å². The Balaban J connectivity index is 1.22. The summed E-state index contributed by atoms with van der Waals surface area (Å²) in [4.78, 5) is 30.0. The predicted octanol–water partition coefficient (Wildman–Crippen LogP) is 7.32. The third kappa shape index (κ3) is 8.26. The van der Waals surface area contributed by atoms with E-state index in [2.05, 4.69) is 4.90 Å². The highest BCUT2D eigenvalue weighted by molar-refractivity contribution is 6.35. The normalized spacial score (nSPS) is 17.9. The van der Waals surface area contributed by atoms with Crippen LogP contribution in [0.2, 0.25) is 10.0 Å². The molecule has 3 aliphatic rings. The lowest BCUT2D eigenvalue weighted by atomic mass is 9.82. The van der Waals surface area contributed by atoms with Crippen molar-refractivity contribution >= 4 is 41.0 Å². The zero-order chi connectivity index (χ0) is 39.5. The molecule has 13 heteroatoms. The molecule has 0 spiro atoms. The number of nitrogens with zero attached hydrogens (tertiary/aromatic N) is 3. The van der Waals surface area contributed by atoms with Crippen LogP contribution in [-0.4, -0.2) is 62.1 Å². The van der Waals surface area contributed by atoms with Gasteiger partial charge in [0.15, 0.2) is 11.5 Å². The molecule has 8 rings (SSSR count). The number of pyridine rings is 1. The second-order valence-corrected chi connectivity index (χ2v) is 14.9. The number of rotatable bonds is 12. The summed E-state index contributed by atoms with van der Waals surface area (Å²) < 4.78 is 33.0. The third-order valence-corrected chi connectivity index (χ3v) is 11.4. The number of carboxylic acid groups (broad SMARTS) is 1. The third-order valence-electron chi connectivity index (χ3n) is 10.8. The smallest absolute Gasteiger partial charge is 0.415 e. The highest BCUT2D eigenvalue weighted by Crippen LogP contribution is 2.40. The molecule has 4 heterocycles. The Morgan fingerprint density at radius 2 is 1.61 bits per heavy atom. The summed E-state index contributed by atoms with van der Waals surface area (Å²) in [7, 11) is 3.03. The molecule has 3 aliphatic heterocycles. The molecule has 5 aromatic rings. The number of halogens is 3. The van der Waals surface area contributed by atoms with Crippen molar-refractivity contribution in [2.75, 3.05) is 38.8 Å². The van der Waals surface area contributed by atoms with Gasteiger partial charge >= 0.3 is 6.09 Å². The number of amides is 1. The van der Waals surface area contributed by atoms with Gasteiger partial charge in [0, 0.05) is 28.3 Å². The lowest BCUT2D eigenvalue weighted by Gasteiger charge is -2.44. The zero-order valence-electron chi connectivity index (χ0n) is 30.8. The van der Waals surface area contributed by atoms with Crippen molar-refractivity contribution < 1.29 is 43.2 Å². The van der Waals surface area contributed by atoms with Crippen molar-refractivity contribution in [3.8, 4) is 22.6 Å². The van der Waals surface area contributed by atoms with E-state index in [1.54, 1.807) is 42.5 Å². The van der Waals surface area contributed by atoms with E-state index in [9.17, 15) is 19.9 Å².